The zero-order valence-electron chi connectivity index (χ0n) is 18.3. The third kappa shape index (κ3) is 4.68. The summed E-state index contributed by atoms with van der Waals surface area (Å²) in [7, 11) is 1.61. The maximum absolute atomic E-state index is 13.1. The van der Waals surface area contributed by atoms with E-state index in [4.69, 9.17) is 9.15 Å². The molecular formula is C24H24N6O3. The number of likely N-dealkylation sites (tertiary alicyclic amines) is 1. The summed E-state index contributed by atoms with van der Waals surface area (Å²) in [4.78, 5) is 20.0. The van der Waals surface area contributed by atoms with Gasteiger partial charge in [0.1, 0.15) is 12.0 Å². The molecule has 1 N–H and O–H groups in total. The molecule has 33 heavy (non-hydrogen) atoms. The summed E-state index contributed by atoms with van der Waals surface area (Å²) in [5.74, 6) is 1.88. The van der Waals surface area contributed by atoms with Crippen LogP contribution in [-0.4, -0.2) is 56.5 Å². The quantitative estimate of drug-likeness (QED) is 0.430. The van der Waals surface area contributed by atoms with E-state index in [2.05, 4.69) is 30.5 Å². The van der Waals surface area contributed by atoms with E-state index in [0.717, 1.165) is 36.2 Å². The average Bonchev–Trinajstić information content (AvgIpc) is 3.57. The van der Waals surface area contributed by atoms with E-state index in [1.807, 2.05) is 48.5 Å². The summed E-state index contributed by atoms with van der Waals surface area (Å²) in [5, 5.41) is 14.1. The third-order valence-electron chi connectivity index (χ3n) is 5.88. The molecule has 1 saturated heterocycles. The minimum Gasteiger partial charge on any atom is -0.497 e. The number of Topliss-reactive ketones (excluding diaryl/α,β-unsaturated/α-hetero) is 1. The first kappa shape index (κ1) is 21.0. The van der Waals surface area contributed by atoms with Crippen LogP contribution in [0.5, 0.6) is 5.75 Å². The highest BCUT2D eigenvalue weighted by Gasteiger charge is 2.27. The van der Waals surface area contributed by atoms with Crippen molar-refractivity contribution in [3.8, 4) is 28.6 Å². The van der Waals surface area contributed by atoms with E-state index >= 15 is 0 Å². The normalized spacial score (nSPS) is 16.6. The predicted octanol–water partition coefficient (Wildman–Crippen LogP) is 3.63. The zero-order chi connectivity index (χ0) is 22.6. The molecule has 9 nitrogen and oxygen atoms in total. The van der Waals surface area contributed by atoms with Gasteiger partial charge in [-0.25, -0.2) is 4.98 Å². The van der Waals surface area contributed by atoms with Gasteiger partial charge in [-0.05, 0) is 48.9 Å². The molecule has 1 unspecified atom stereocenters. The number of hydrogen-bond donors (Lipinski definition) is 1. The molecule has 1 aliphatic heterocycles. The minimum atomic E-state index is -0.0381. The Bertz CT molecular complexity index is 1240. The van der Waals surface area contributed by atoms with Gasteiger partial charge in [-0.1, -0.05) is 24.3 Å². The minimum absolute atomic E-state index is 0.0381. The SMILES string of the molecule is COc1cccc(C(=O)C2CCCN(Cc3coc(-c4cccc(-c5nn[nH]n5)c4)n3)C2)c1. The summed E-state index contributed by atoms with van der Waals surface area (Å²) in [6, 6.07) is 15.1. The third-order valence-corrected chi connectivity index (χ3v) is 5.88. The summed E-state index contributed by atoms with van der Waals surface area (Å²) in [5.41, 5.74) is 3.21. The van der Waals surface area contributed by atoms with Crippen molar-refractivity contribution in [1.29, 1.82) is 0 Å². The van der Waals surface area contributed by atoms with Gasteiger partial charge in [-0.2, -0.15) is 5.21 Å². The molecule has 0 radical (unpaired) electrons. The van der Waals surface area contributed by atoms with Crippen molar-refractivity contribution in [3.05, 3.63) is 66.1 Å². The Hall–Kier alpha value is -3.85. The highest BCUT2D eigenvalue weighted by Crippen LogP contribution is 2.26. The van der Waals surface area contributed by atoms with E-state index < -0.39 is 0 Å². The van der Waals surface area contributed by atoms with Gasteiger partial charge in [0.2, 0.25) is 11.7 Å². The van der Waals surface area contributed by atoms with Gasteiger partial charge in [0, 0.05) is 35.7 Å². The molecule has 0 amide bonds. The Kier molecular flexibility index (Phi) is 5.95. The molecular weight excluding hydrogens is 420 g/mol. The second-order valence-electron chi connectivity index (χ2n) is 8.13. The fraction of sp³-hybridized carbons (Fsp3) is 0.292. The van der Waals surface area contributed by atoms with Crippen LogP contribution < -0.4 is 4.74 Å². The number of methoxy groups -OCH3 is 1. The molecule has 1 aliphatic rings. The van der Waals surface area contributed by atoms with Crippen LogP contribution >= 0.6 is 0 Å². The van der Waals surface area contributed by atoms with Crippen LogP contribution in [0, 0.1) is 5.92 Å². The van der Waals surface area contributed by atoms with E-state index in [-0.39, 0.29) is 11.7 Å². The van der Waals surface area contributed by atoms with E-state index in [1.54, 1.807) is 13.4 Å². The van der Waals surface area contributed by atoms with Gasteiger partial charge in [0.25, 0.3) is 0 Å². The van der Waals surface area contributed by atoms with Crippen LogP contribution in [0.3, 0.4) is 0 Å². The van der Waals surface area contributed by atoms with Gasteiger partial charge in [0.15, 0.2) is 5.78 Å². The van der Waals surface area contributed by atoms with E-state index in [9.17, 15) is 4.79 Å². The Labute approximate surface area is 190 Å². The lowest BCUT2D eigenvalue weighted by Gasteiger charge is -2.31. The lowest BCUT2D eigenvalue weighted by atomic mass is 9.90. The Morgan fingerprint density at radius 2 is 2.09 bits per heavy atom. The molecule has 1 fully saturated rings. The van der Waals surface area contributed by atoms with Crippen LogP contribution in [0.2, 0.25) is 0 Å². The van der Waals surface area contributed by atoms with Crippen LogP contribution in [0.4, 0.5) is 0 Å². The molecule has 0 bridgehead atoms. The van der Waals surface area contributed by atoms with Crippen molar-refractivity contribution in [2.45, 2.75) is 19.4 Å². The average molecular weight is 444 g/mol. The maximum atomic E-state index is 13.1. The Morgan fingerprint density at radius 3 is 2.94 bits per heavy atom. The molecule has 4 aromatic rings. The predicted molar refractivity (Wildman–Crippen MR) is 120 cm³/mol. The van der Waals surface area contributed by atoms with Crippen molar-refractivity contribution >= 4 is 5.78 Å². The number of benzene rings is 2. The zero-order valence-corrected chi connectivity index (χ0v) is 18.3. The molecule has 3 heterocycles. The number of H-pyrrole nitrogens is 1. The molecule has 2 aromatic heterocycles. The number of aromatic nitrogens is 5. The summed E-state index contributed by atoms with van der Waals surface area (Å²) < 4.78 is 11.0. The second kappa shape index (κ2) is 9.33. The number of ether oxygens (including phenoxy) is 1. The van der Waals surface area contributed by atoms with Gasteiger partial charge >= 0.3 is 0 Å². The molecule has 168 valence electrons. The number of ketones is 1. The molecule has 9 heteroatoms. The largest absolute Gasteiger partial charge is 0.497 e. The fourth-order valence-corrected chi connectivity index (χ4v) is 4.24. The molecule has 0 saturated carbocycles. The van der Waals surface area contributed by atoms with Crippen LogP contribution in [0.1, 0.15) is 28.9 Å². The first-order chi connectivity index (χ1) is 16.2. The lowest BCUT2D eigenvalue weighted by Crippen LogP contribution is -2.38. The van der Waals surface area contributed by atoms with Crippen LogP contribution in [0.25, 0.3) is 22.8 Å². The number of rotatable bonds is 7. The summed E-state index contributed by atoms with van der Waals surface area (Å²) in [6.45, 7) is 2.26. The summed E-state index contributed by atoms with van der Waals surface area (Å²) >= 11 is 0. The number of oxazole rings is 1. The Balaban J connectivity index is 1.26. The number of nitrogens with zero attached hydrogens (tertiary/aromatic N) is 5. The van der Waals surface area contributed by atoms with Crippen LogP contribution in [0.15, 0.2) is 59.2 Å². The topological polar surface area (TPSA) is 110 Å². The monoisotopic (exact) mass is 444 g/mol. The van der Waals surface area contributed by atoms with Crippen molar-refractivity contribution in [3.63, 3.8) is 0 Å². The van der Waals surface area contributed by atoms with Crippen molar-refractivity contribution in [1.82, 2.24) is 30.5 Å². The first-order valence-corrected chi connectivity index (χ1v) is 10.9. The van der Waals surface area contributed by atoms with Gasteiger partial charge < -0.3 is 9.15 Å². The van der Waals surface area contributed by atoms with Crippen molar-refractivity contribution in [2.75, 3.05) is 20.2 Å². The number of piperidine rings is 1. The highest BCUT2D eigenvalue weighted by atomic mass is 16.5. The Morgan fingerprint density at radius 1 is 1.21 bits per heavy atom. The first-order valence-electron chi connectivity index (χ1n) is 10.9. The van der Waals surface area contributed by atoms with Gasteiger partial charge in [-0.15, -0.1) is 10.2 Å². The molecule has 0 aliphatic carbocycles. The molecule has 1 atom stereocenters. The fourth-order valence-electron chi connectivity index (χ4n) is 4.24. The standard InChI is InChI=1S/C24H24N6O3/c1-32-21-9-3-5-16(12-21)22(31)19-8-4-10-30(13-19)14-20-15-33-24(25-20)18-7-2-6-17(11-18)23-26-28-29-27-23/h2-3,5-7,9,11-12,15,19H,4,8,10,13-14H2,1H3,(H,26,27,28,29). The molecule has 0 spiro atoms. The number of aromatic amines is 1. The highest BCUT2D eigenvalue weighted by molar-refractivity contribution is 5.98. The maximum Gasteiger partial charge on any atom is 0.226 e. The number of carbonyl (C=O) groups is 1. The van der Waals surface area contributed by atoms with E-state index in [0.29, 0.717) is 36.1 Å². The van der Waals surface area contributed by atoms with Gasteiger partial charge in [-0.3, -0.25) is 9.69 Å². The van der Waals surface area contributed by atoms with Crippen molar-refractivity contribution in [2.24, 2.45) is 5.92 Å². The second-order valence-corrected chi connectivity index (χ2v) is 8.13. The van der Waals surface area contributed by atoms with E-state index in [1.165, 1.54) is 0 Å². The molecule has 5 rings (SSSR count). The van der Waals surface area contributed by atoms with Crippen LogP contribution in [-0.2, 0) is 6.54 Å². The number of tetrazole rings is 1. The number of carbonyl (C=O) groups excluding carboxylic acids is 1. The van der Waals surface area contributed by atoms with Crippen molar-refractivity contribution < 1.29 is 13.9 Å². The smallest absolute Gasteiger partial charge is 0.226 e. The molecule has 2 aromatic carbocycles. The summed E-state index contributed by atoms with van der Waals surface area (Å²) in [6.07, 6.45) is 3.54. The lowest BCUT2D eigenvalue weighted by molar-refractivity contribution is 0.0810. The number of nitrogens with one attached hydrogen (secondary N) is 1. The van der Waals surface area contributed by atoms with Gasteiger partial charge in [0.05, 0.1) is 12.8 Å². The number of hydrogen-bond acceptors (Lipinski definition) is 8.